The van der Waals surface area contributed by atoms with Gasteiger partial charge in [-0.2, -0.15) is 4.98 Å². The summed E-state index contributed by atoms with van der Waals surface area (Å²) >= 11 is 0. The van der Waals surface area contributed by atoms with Gasteiger partial charge in [-0.1, -0.05) is 5.16 Å². The molecule has 29 heavy (non-hydrogen) atoms. The van der Waals surface area contributed by atoms with Gasteiger partial charge in [-0.05, 0) is 43.5 Å². The van der Waals surface area contributed by atoms with Gasteiger partial charge in [-0.25, -0.2) is 9.78 Å². The van der Waals surface area contributed by atoms with Crippen molar-refractivity contribution in [3.8, 4) is 11.5 Å². The van der Waals surface area contributed by atoms with Gasteiger partial charge in [0.2, 0.25) is 5.69 Å². The zero-order valence-corrected chi connectivity index (χ0v) is 16.8. The normalized spacial score (nSPS) is 15.9. The second-order valence-corrected chi connectivity index (χ2v) is 6.65. The number of esters is 1. The van der Waals surface area contributed by atoms with Crippen molar-refractivity contribution in [1.29, 1.82) is 0 Å². The predicted octanol–water partition coefficient (Wildman–Crippen LogP) is 2.94. The van der Waals surface area contributed by atoms with Crippen molar-refractivity contribution in [2.45, 2.75) is 26.3 Å². The van der Waals surface area contributed by atoms with Gasteiger partial charge < -0.3 is 23.6 Å². The lowest BCUT2D eigenvalue weighted by Gasteiger charge is -2.36. The molecule has 2 aromatic heterocycles. The zero-order chi connectivity index (χ0) is 20.5. The van der Waals surface area contributed by atoms with E-state index in [1.54, 1.807) is 21.1 Å². The third-order valence-corrected chi connectivity index (χ3v) is 5.18. The molecule has 1 unspecified atom stereocenters. The van der Waals surface area contributed by atoms with Crippen molar-refractivity contribution < 1.29 is 23.5 Å². The van der Waals surface area contributed by atoms with Crippen LogP contribution < -0.4 is 14.4 Å². The number of rotatable bonds is 5. The second kappa shape index (κ2) is 7.57. The van der Waals surface area contributed by atoms with Crippen LogP contribution in [0.3, 0.4) is 0 Å². The van der Waals surface area contributed by atoms with E-state index in [0.717, 1.165) is 12.0 Å². The van der Waals surface area contributed by atoms with Crippen LogP contribution in [0.2, 0.25) is 0 Å². The largest absolute Gasteiger partial charge is 0.493 e. The van der Waals surface area contributed by atoms with Crippen LogP contribution >= 0.6 is 0 Å². The molecule has 0 fully saturated rings. The van der Waals surface area contributed by atoms with Crippen LogP contribution in [0.4, 0.5) is 5.82 Å². The Morgan fingerprint density at radius 2 is 2.00 bits per heavy atom. The van der Waals surface area contributed by atoms with Gasteiger partial charge in [0.05, 0.1) is 26.9 Å². The number of anilines is 1. The van der Waals surface area contributed by atoms with Crippen molar-refractivity contribution in [3.63, 3.8) is 0 Å². The highest BCUT2D eigenvalue weighted by Crippen LogP contribution is 2.40. The fourth-order valence-electron chi connectivity index (χ4n) is 3.76. The van der Waals surface area contributed by atoms with E-state index in [4.69, 9.17) is 18.7 Å². The monoisotopic (exact) mass is 398 g/mol. The molecule has 0 bridgehead atoms. The molecule has 0 radical (unpaired) electrons. The summed E-state index contributed by atoms with van der Waals surface area (Å²) in [5.74, 6) is 1.41. The number of ether oxygens (including phenoxy) is 3. The standard InChI is InChI=1S/C20H22N4O5/c1-5-28-20(25)17-16-18(21-10-22-19(16)29-23-17)24-7-6-12-8-14(26-3)15(27-4)9-13(12)11(24)2/h8-11H,5-7H2,1-4H3. The minimum absolute atomic E-state index is 0.0263. The Morgan fingerprint density at radius 3 is 2.72 bits per heavy atom. The molecule has 1 atom stereocenters. The zero-order valence-electron chi connectivity index (χ0n) is 16.8. The minimum Gasteiger partial charge on any atom is -0.493 e. The van der Waals surface area contributed by atoms with Crippen molar-refractivity contribution in [3.05, 3.63) is 35.3 Å². The maximum atomic E-state index is 12.3. The second-order valence-electron chi connectivity index (χ2n) is 6.65. The highest BCUT2D eigenvalue weighted by Gasteiger charge is 2.31. The number of methoxy groups -OCH3 is 2. The molecule has 1 aromatic carbocycles. The first-order valence-corrected chi connectivity index (χ1v) is 9.38. The van der Waals surface area contributed by atoms with Gasteiger partial charge in [-0.15, -0.1) is 0 Å². The maximum Gasteiger partial charge on any atom is 0.361 e. The van der Waals surface area contributed by atoms with E-state index in [0.29, 0.717) is 29.2 Å². The van der Waals surface area contributed by atoms with Gasteiger partial charge in [0.25, 0.3) is 5.71 Å². The number of fused-ring (bicyclic) bond motifs is 2. The molecule has 1 aliphatic heterocycles. The number of hydrogen-bond donors (Lipinski definition) is 0. The summed E-state index contributed by atoms with van der Waals surface area (Å²) in [6.07, 6.45) is 2.19. The first kappa shape index (κ1) is 19.0. The molecule has 0 saturated heterocycles. The molecular weight excluding hydrogens is 376 g/mol. The molecule has 9 heteroatoms. The smallest absolute Gasteiger partial charge is 0.361 e. The summed E-state index contributed by atoms with van der Waals surface area (Å²) in [5.41, 5.74) is 2.63. The Kier molecular flexibility index (Phi) is 4.96. The summed E-state index contributed by atoms with van der Waals surface area (Å²) in [5, 5.41) is 4.33. The van der Waals surface area contributed by atoms with Crippen LogP contribution in [0.15, 0.2) is 23.0 Å². The summed E-state index contributed by atoms with van der Waals surface area (Å²) in [6, 6.07) is 3.98. The van der Waals surface area contributed by atoms with Gasteiger partial charge in [-0.3, -0.25) is 0 Å². The molecule has 4 rings (SSSR count). The molecule has 3 heterocycles. The lowest BCUT2D eigenvalue weighted by Crippen LogP contribution is -2.35. The van der Waals surface area contributed by atoms with Crippen LogP contribution in [0.25, 0.3) is 11.1 Å². The van der Waals surface area contributed by atoms with Crippen LogP contribution in [0.1, 0.15) is 41.5 Å². The Balaban J connectivity index is 1.80. The van der Waals surface area contributed by atoms with E-state index in [9.17, 15) is 4.79 Å². The quantitative estimate of drug-likeness (QED) is 0.601. The van der Waals surface area contributed by atoms with Crippen molar-refractivity contribution in [1.82, 2.24) is 15.1 Å². The van der Waals surface area contributed by atoms with E-state index >= 15 is 0 Å². The van der Waals surface area contributed by atoms with Crippen LogP contribution in [-0.4, -0.2) is 48.5 Å². The van der Waals surface area contributed by atoms with Gasteiger partial charge >= 0.3 is 5.97 Å². The molecule has 0 aliphatic carbocycles. The van der Waals surface area contributed by atoms with Crippen molar-refractivity contribution >= 4 is 22.9 Å². The Labute approximate surface area is 167 Å². The van der Waals surface area contributed by atoms with E-state index in [1.165, 1.54) is 11.9 Å². The Hall–Kier alpha value is -3.36. The summed E-state index contributed by atoms with van der Waals surface area (Å²) in [6.45, 7) is 4.76. The van der Waals surface area contributed by atoms with E-state index < -0.39 is 5.97 Å². The third kappa shape index (κ3) is 3.12. The summed E-state index contributed by atoms with van der Waals surface area (Å²) < 4.78 is 21.3. The highest BCUT2D eigenvalue weighted by molar-refractivity contribution is 6.04. The van der Waals surface area contributed by atoms with Crippen LogP contribution in [0, 0.1) is 0 Å². The van der Waals surface area contributed by atoms with Gasteiger partial charge in [0.1, 0.15) is 17.5 Å². The van der Waals surface area contributed by atoms with Crippen molar-refractivity contribution in [2.24, 2.45) is 0 Å². The van der Waals surface area contributed by atoms with E-state index in [1.807, 2.05) is 12.1 Å². The number of carbonyl (C=O) groups excluding carboxylic acids is 1. The Morgan fingerprint density at radius 1 is 1.24 bits per heavy atom. The first-order valence-electron chi connectivity index (χ1n) is 9.38. The maximum absolute atomic E-state index is 12.3. The third-order valence-electron chi connectivity index (χ3n) is 5.18. The molecule has 9 nitrogen and oxygen atoms in total. The van der Waals surface area contributed by atoms with E-state index in [-0.39, 0.29) is 24.1 Å². The molecule has 0 spiro atoms. The van der Waals surface area contributed by atoms with Crippen LogP contribution in [0.5, 0.6) is 11.5 Å². The summed E-state index contributed by atoms with van der Waals surface area (Å²) in [7, 11) is 3.25. The molecule has 152 valence electrons. The van der Waals surface area contributed by atoms with Crippen LogP contribution in [-0.2, 0) is 11.2 Å². The molecule has 0 amide bonds. The lowest BCUT2D eigenvalue weighted by molar-refractivity contribution is 0.0517. The lowest BCUT2D eigenvalue weighted by atomic mass is 9.92. The first-order chi connectivity index (χ1) is 14.1. The molecule has 0 N–H and O–H groups in total. The average molecular weight is 398 g/mol. The fraction of sp³-hybridized carbons (Fsp3) is 0.400. The van der Waals surface area contributed by atoms with Gasteiger partial charge in [0, 0.05) is 6.54 Å². The Bertz CT molecular complexity index is 1060. The number of aromatic nitrogens is 3. The number of benzene rings is 1. The molecule has 0 saturated carbocycles. The topological polar surface area (TPSA) is 99.8 Å². The number of hydrogen-bond acceptors (Lipinski definition) is 9. The molecule has 1 aliphatic rings. The SMILES string of the molecule is CCOC(=O)c1noc2ncnc(N3CCc4cc(OC)c(OC)cc4C3C)c12. The van der Waals surface area contributed by atoms with Crippen molar-refractivity contribution in [2.75, 3.05) is 32.3 Å². The fourth-order valence-corrected chi connectivity index (χ4v) is 3.76. The van der Waals surface area contributed by atoms with Gasteiger partial charge in [0.15, 0.2) is 11.5 Å². The number of carbonyl (C=O) groups is 1. The predicted molar refractivity (Wildman–Crippen MR) is 105 cm³/mol. The molecule has 3 aromatic rings. The summed E-state index contributed by atoms with van der Waals surface area (Å²) in [4.78, 5) is 23.0. The molecular formula is C20H22N4O5. The number of nitrogens with zero attached hydrogens (tertiary/aromatic N) is 4. The average Bonchev–Trinajstić information content (AvgIpc) is 3.18. The minimum atomic E-state index is -0.557. The highest BCUT2D eigenvalue weighted by atomic mass is 16.5. The van der Waals surface area contributed by atoms with E-state index in [2.05, 4.69) is 26.9 Å².